The standard InChI is InChI=1S/C20H23N5O4/c1-12-15(19(27)24-20(21-12)25-7-9-28-10-8-25)4-6-18(26)23-14-3-5-17-16(11-14)22-13(2)29-17/h3,5,11H,4,6-10H2,1-2H3,(H,23,26)(H,21,24,27). The van der Waals surface area contributed by atoms with E-state index in [1.807, 2.05) is 4.90 Å². The Morgan fingerprint density at radius 3 is 2.79 bits per heavy atom. The number of H-pyrrole nitrogens is 1. The molecule has 0 spiro atoms. The summed E-state index contributed by atoms with van der Waals surface area (Å²) in [5.41, 5.74) is 2.97. The Hall–Kier alpha value is -3.20. The number of nitrogens with one attached hydrogen (secondary N) is 2. The molecule has 3 aromatic rings. The van der Waals surface area contributed by atoms with Crippen LogP contribution in [0.4, 0.5) is 11.6 Å². The fraction of sp³-hybridized carbons (Fsp3) is 0.400. The lowest BCUT2D eigenvalue weighted by Gasteiger charge is -2.27. The third-order valence-electron chi connectivity index (χ3n) is 4.90. The zero-order chi connectivity index (χ0) is 20.4. The van der Waals surface area contributed by atoms with Gasteiger partial charge in [0.25, 0.3) is 5.56 Å². The van der Waals surface area contributed by atoms with Crippen LogP contribution in [-0.2, 0) is 16.0 Å². The highest BCUT2D eigenvalue weighted by molar-refractivity contribution is 5.92. The quantitative estimate of drug-likeness (QED) is 0.676. The first-order valence-corrected chi connectivity index (χ1v) is 9.59. The number of hydrogen-bond acceptors (Lipinski definition) is 7. The molecule has 1 amide bonds. The second-order valence-electron chi connectivity index (χ2n) is 7.02. The number of carbonyl (C=O) groups is 1. The van der Waals surface area contributed by atoms with E-state index >= 15 is 0 Å². The largest absolute Gasteiger partial charge is 0.441 e. The highest BCUT2D eigenvalue weighted by Crippen LogP contribution is 2.20. The van der Waals surface area contributed by atoms with E-state index in [1.54, 1.807) is 32.0 Å². The summed E-state index contributed by atoms with van der Waals surface area (Å²) in [7, 11) is 0. The first-order valence-electron chi connectivity index (χ1n) is 9.59. The molecule has 1 aromatic carbocycles. The number of hydrogen-bond donors (Lipinski definition) is 2. The van der Waals surface area contributed by atoms with Crippen molar-refractivity contribution in [2.45, 2.75) is 26.7 Å². The van der Waals surface area contributed by atoms with Crippen LogP contribution in [0.1, 0.15) is 23.6 Å². The maximum Gasteiger partial charge on any atom is 0.255 e. The normalized spacial score (nSPS) is 14.3. The zero-order valence-corrected chi connectivity index (χ0v) is 16.4. The van der Waals surface area contributed by atoms with Gasteiger partial charge in [0.2, 0.25) is 11.9 Å². The van der Waals surface area contributed by atoms with Crippen molar-refractivity contribution in [2.24, 2.45) is 0 Å². The molecule has 1 aliphatic rings. The minimum absolute atomic E-state index is 0.179. The summed E-state index contributed by atoms with van der Waals surface area (Å²) >= 11 is 0. The molecule has 9 nitrogen and oxygen atoms in total. The van der Waals surface area contributed by atoms with Gasteiger partial charge in [-0.1, -0.05) is 0 Å². The van der Waals surface area contributed by atoms with Crippen molar-refractivity contribution >= 4 is 28.6 Å². The van der Waals surface area contributed by atoms with Crippen molar-refractivity contribution in [1.82, 2.24) is 15.0 Å². The number of aromatic nitrogens is 3. The minimum atomic E-state index is -0.203. The number of anilines is 2. The summed E-state index contributed by atoms with van der Waals surface area (Å²) in [5.74, 6) is 0.951. The summed E-state index contributed by atoms with van der Waals surface area (Å²) in [6, 6.07) is 5.30. The first-order chi connectivity index (χ1) is 14.0. The highest BCUT2D eigenvalue weighted by atomic mass is 16.5. The molecule has 0 atom stereocenters. The molecule has 3 heterocycles. The predicted molar refractivity (Wildman–Crippen MR) is 108 cm³/mol. The maximum atomic E-state index is 12.5. The monoisotopic (exact) mass is 397 g/mol. The van der Waals surface area contributed by atoms with Crippen LogP contribution in [0.3, 0.4) is 0 Å². The van der Waals surface area contributed by atoms with Crippen LogP contribution in [0.5, 0.6) is 0 Å². The van der Waals surface area contributed by atoms with Crippen molar-refractivity contribution in [3.05, 3.63) is 45.7 Å². The number of fused-ring (bicyclic) bond motifs is 1. The van der Waals surface area contributed by atoms with E-state index in [0.29, 0.717) is 72.6 Å². The molecule has 0 bridgehead atoms. The molecule has 1 fully saturated rings. The van der Waals surface area contributed by atoms with Crippen molar-refractivity contribution in [3.63, 3.8) is 0 Å². The average molecular weight is 397 g/mol. The lowest BCUT2D eigenvalue weighted by molar-refractivity contribution is -0.116. The van der Waals surface area contributed by atoms with E-state index in [-0.39, 0.29) is 17.9 Å². The third kappa shape index (κ3) is 4.29. The highest BCUT2D eigenvalue weighted by Gasteiger charge is 2.17. The van der Waals surface area contributed by atoms with Gasteiger partial charge in [0.05, 0.1) is 13.2 Å². The van der Waals surface area contributed by atoms with Gasteiger partial charge in [-0.15, -0.1) is 0 Å². The van der Waals surface area contributed by atoms with Gasteiger partial charge in [-0.3, -0.25) is 14.6 Å². The van der Waals surface area contributed by atoms with E-state index in [4.69, 9.17) is 9.15 Å². The number of nitrogens with zero attached hydrogens (tertiary/aromatic N) is 3. The summed E-state index contributed by atoms with van der Waals surface area (Å²) in [6.07, 6.45) is 0.493. The number of morpholine rings is 1. The molecule has 1 aliphatic heterocycles. The molecular formula is C20H23N5O4. The Balaban J connectivity index is 1.41. The maximum absolute atomic E-state index is 12.5. The SMILES string of the molecule is Cc1nc2cc(NC(=O)CCc3c(C)nc(N4CCOCC4)[nH]c3=O)ccc2o1. The predicted octanol–water partition coefficient (Wildman–Crippen LogP) is 1.94. The van der Waals surface area contributed by atoms with Crippen LogP contribution in [0, 0.1) is 13.8 Å². The average Bonchev–Trinajstić information content (AvgIpc) is 3.07. The smallest absolute Gasteiger partial charge is 0.255 e. The van der Waals surface area contributed by atoms with Crippen LogP contribution in [0.2, 0.25) is 0 Å². The molecule has 9 heteroatoms. The van der Waals surface area contributed by atoms with Crippen molar-refractivity contribution in [2.75, 3.05) is 36.5 Å². The number of amides is 1. The van der Waals surface area contributed by atoms with Crippen molar-refractivity contribution < 1.29 is 13.9 Å². The van der Waals surface area contributed by atoms with E-state index in [1.165, 1.54) is 0 Å². The lowest BCUT2D eigenvalue weighted by Crippen LogP contribution is -2.38. The van der Waals surface area contributed by atoms with Gasteiger partial charge in [-0.2, -0.15) is 0 Å². The molecule has 1 saturated heterocycles. The molecule has 0 radical (unpaired) electrons. The van der Waals surface area contributed by atoms with E-state index in [0.717, 1.165) is 0 Å². The fourth-order valence-electron chi connectivity index (χ4n) is 3.40. The Kier molecular flexibility index (Phi) is 5.30. The van der Waals surface area contributed by atoms with Crippen LogP contribution in [0.15, 0.2) is 27.4 Å². The van der Waals surface area contributed by atoms with Crippen LogP contribution < -0.4 is 15.8 Å². The topological polar surface area (TPSA) is 113 Å². The number of oxazole rings is 1. The molecule has 0 unspecified atom stereocenters. The van der Waals surface area contributed by atoms with Gasteiger partial charge in [0.15, 0.2) is 11.5 Å². The number of carbonyl (C=O) groups excluding carboxylic acids is 1. The Bertz CT molecular complexity index is 1100. The van der Waals surface area contributed by atoms with Gasteiger partial charge in [-0.05, 0) is 31.5 Å². The molecule has 2 N–H and O–H groups in total. The summed E-state index contributed by atoms with van der Waals surface area (Å²) < 4.78 is 10.8. The number of ether oxygens (including phenoxy) is 1. The number of aromatic amines is 1. The second-order valence-corrected chi connectivity index (χ2v) is 7.02. The van der Waals surface area contributed by atoms with Gasteiger partial charge >= 0.3 is 0 Å². The molecule has 152 valence electrons. The molecule has 0 aliphatic carbocycles. The fourth-order valence-corrected chi connectivity index (χ4v) is 3.40. The van der Waals surface area contributed by atoms with Gasteiger partial charge in [-0.25, -0.2) is 9.97 Å². The Labute approximate surface area is 167 Å². The molecule has 0 saturated carbocycles. The van der Waals surface area contributed by atoms with Crippen molar-refractivity contribution in [3.8, 4) is 0 Å². The molecule has 4 rings (SSSR count). The van der Waals surface area contributed by atoms with Gasteiger partial charge < -0.3 is 19.4 Å². The summed E-state index contributed by atoms with van der Waals surface area (Å²) in [5, 5.41) is 2.84. The summed E-state index contributed by atoms with van der Waals surface area (Å²) in [6.45, 7) is 6.19. The van der Waals surface area contributed by atoms with Gasteiger partial charge in [0, 0.05) is 43.4 Å². The molecular weight excluding hydrogens is 374 g/mol. The number of aryl methyl sites for hydroxylation is 2. The molecule has 2 aromatic heterocycles. The lowest BCUT2D eigenvalue weighted by atomic mass is 10.1. The second kappa shape index (κ2) is 8.04. The summed E-state index contributed by atoms with van der Waals surface area (Å²) in [4.78, 5) is 38.5. The molecule has 29 heavy (non-hydrogen) atoms. The first kappa shape index (κ1) is 19.1. The van der Waals surface area contributed by atoms with E-state index in [9.17, 15) is 9.59 Å². The van der Waals surface area contributed by atoms with E-state index in [2.05, 4.69) is 20.3 Å². The van der Waals surface area contributed by atoms with E-state index < -0.39 is 0 Å². The van der Waals surface area contributed by atoms with Crippen molar-refractivity contribution in [1.29, 1.82) is 0 Å². The minimum Gasteiger partial charge on any atom is -0.441 e. The number of rotatable bonds is 5. The van der Waals surface area contributed by atoms with Crippen LogP contribution >= 0.6 is 0 Å². The van der Waals surface area contributed by atoms with Crippen LogP contribution in [0.25, 0.3) is 11.1 Å². The third-order valence-corrected chi connectivity index (χ3v) is 4.90. The van der Waals surface area contributed by atoms with Crippen LogP contribution in [-0.4, -0.2) is 47.2 Å². The zero-order valence-electron chi connectivity index (χ0n) is 16.4. The Morgan fingerprint density at radius 2 is 2.03 bits per heavy atom. The Morgan fingerprint density at radius 1 is 1.24 bits per heavy atom. The number of benzene rings is 1. The van der Waals surface area contributed by atoms with Gasteiger partial charge in [0.1, 0.15) is 5.52 Å².